The van der Waals surface area contributed by atoms with Gasteiger partial charge in [0.1, 0.15) is 5.82 Å². The summed E-state index contributed by atoms with van der Waals surface area (Å²) in [4.78, 5) is 15.8. The molecular weight excluding hydrogens is 236 g/mol. The second kappa shape index (κ2) is 4.93. The maximum absolute atomic E-state index is 11.9. The van der Waals surface area contributed by atoms with Crippen LogP contribution in [-0.4, -0.2) is 28.4 Å². The van der Waals surface area contributed by atoms with E-state index in [0.717, 1.165) is 6.54 Å². The Bertz CT molecular complexity index is 420. The predicted octanol–water partition coefficient (Wildman–Crippen LogP) is 0.993. The van der Waals surface area contributed by atoms with Crippen LogP contribution in [0.1, 0.15) is 23.2 Å². The van der Waals surface area contributed by atoms with Crippen molar-refractivity contribution in [1.29, 1.82) is 0 Å². The SMILES string of the molecule is CSC1(CNC(=O)c2ccnc(NN)c2)CC1. The highest BCUT2D eigenvalue weighted by atomic mass is 32.2. The van der Waals surface area contributed by atoms with E-state index in [1.165, 1.54) is 12.8 Å². The number of carbonyl (C=O) groups excluding carboxylic acids is 1. The summed E-state index contributed by atoms with van der Waals surface area (Å²) in [5.74, 6) is 5.66. The normalized spacial score (nSPS) is 16.4. The van der Waals surface area contributed by atoms with Gasteiger partial charge in [0.05, 0.1) is 0 Å². The first-order valence-electron chi connectivity index (χ1n) is 5.45. The molecule has 0 aliphatic heterocycles. The minimum absolute atomic E-state index is 0.0794. The largest absolute Gasteiger partial charge is 0.351 e. The minimum Gasteiger partial charge on any atom is -0.351 e. The van der Waals surface area contributed by atoms with Crippen LogP contribution in [0.4, 0.5) is 5.82 Å². The first-order chi connectivity index (χ1) is 8.19. The molecule has 0 saturated heterocycles. The zero-order chi connectivity index (χ0) is 12.3. The Morgan fingerprint density at radius 3 is 3.00 bits per heavy atom. The molecule has 5 nitrogen and oxygen atoms in total. The molecule has 1 amide bonds. The average Bonchev–Trinajstić information content (AvgIpc) is 3.17. The van der Waals surface area contributed by atoms with Gasteiger partial charge >= 0.3 is 0 Å². The first kappa shape index (κ1) is 12.2. The van der Waals surface area contributed by atoms with E-state index in [0.29, 0.717) is 11.4 Å². The van der Waals surface area contributed by atoms with Gasteiger partial charge in [-0.3, -0.25) is 4.79 Å². The van der Waals surface area contributed by atoms with Crippen LogP contribution in [0.15, 0.2) is 18.3 Å². The zero-order valence-corrected chi connectivity index (χ0v) is 10.5. The third kappa shape index (κ3) is 2.89. The molecule has 4 N–H and O–H groups in total. The molecule has 17 heavy (non-hydrogen) atoms. The molecule has 1 aromatic heterocycles. The van der Waals surface area contributed by atoms with Crippen molar-refractivity contribution < 1.29 is 4.79 Å². The number of carbonyl (C=O) groups is 1. The summed E-state index contributed by atoms with van der Waals surface area (Å²) in [6.07, 6.45) is 6.01. The summed E-state index contributed by atoms with van der Waals surface area (Å²) >= 11 is 1.82. The lowest BCUT2D eigenvalue weighted by Crippen LogP contribution is -2.31. The van der Waals surface area contributed by atoms with E-state index in [2.05, 4.69) is 22.0 Å². The first-order valence-corrected chi connectivity index (χ1v) is 6.68. The van der Waals surface area contributed by atoms with Gasteiger partial charge in [-0.15, -0.1) is 0 Å². The number of nitrogens with one attached hydrogen (secondary N) is 2. The number of nitrogens with zero attached hydrogens (tertiary/aromatic N) is 1. The van der Waals surface area contributed by atoms with Crippen LogP contribution >= 0.6 is 11.8 Å². The van der Waals surface area contributed by atoms with Crippen molar-refractivity contribution in [3.05, 3.63) is 23.9 Å². The van der Waals surface area contributed by atoms with Crippen molar-refractivity contribution in [2.45, 2.75) is 17.6 Å². The molecule has 1 aliphatic carbocycles. The number of aromatic nitrogens is 1. The molecule has 92 valence electrons. The Kier molecular flexibility index (Phi) is 3.54. The van der Waals surface area contributed by atoms with Crippen molar-refractivity contribution >= 4 is 23.5 Å². The monoisotopic (exact) mass is 252 g/mol. The number of rotatable bonds is 5. The number of hydrogen-bond acceptors (Lipinski definition) is 5. The number of hydrazine groups is 1. The van der Waals surface area contributed by atoms with Crippen molar-refractivity contribution in [2.24, 2.45) is 5.84 Å². The van der Waals surface area contributed by atoms with Crippen LogP contribution in [0.3, 0.4) is 0 Å². The number of hydrogen-bond donors (Lipinski definition) is 3. The number of amides is 1. The van der Waals surface area contributed by atoms with Crippen LogP contribution in [0.5, 0.6) is 0 Å². The molecule has 6 heteroatoms. The zero-order valence-electron chi connectivity index (χ0n) is 9.69. The number of anilines is 1. The summed E-state index contributed by atoms with van der Waals surface area (Å²) < 4.78 is 0.275. The molecule has 1 fully saturated rings. The number of thioether (sulfide) groups is 1. The molecule has 0 atom stereocenters. The van der Waals surface area contributed by atoms with E-state index < -0.39 is 0 Å². The van der Waals surface area contributed by atoms with Crippen LogP contribution in [0.25, 0.3) is 0 Å². The van der Waals surface area contributed by atoms with Gasteiger partial charge in [0, 0.05) is 23.1 Å². The topological polar surface area (TPSA) is 80.0 Å². The van der Waals surface area contributed by atoms with E-state index >= 15 is 0 Å². The molecule has 0 unspecified atom stereocenters. The third-order valence-corrected chi connectivity index (χ3v) is 4.40. The fraction of sp³-hybridized carbons (Fsp3) is 0.455. The lowest BCUT2D eigenvalue weighted by Gasteiger charge is -2.13. The van der Waals surface area contributed by atoms with Crippen molar-refractivity contribution in [3.8, 4) is 0 Å². The van der Waals surface area contributed by atoms with Gasteiger partial charge in [0.15, 0.2) is 0 Å². The fourth-order valence-corrected chi connectivity index (χ4v) is 2.31. The minimum atomic E-state index is -0.0794. The summed E-state index contributed by atoms with van der Waals surface area (Å²) in [5, 5.41) is 2.95. The molecule has 1 aromatic rings. The molecule has 0 aromatic carbocycles. The Morgan fingerprint density at radius 1 is 1.65 bits per heavy atom. The predicted molar refractivity (Wildman–Crippen MR) is 69.9 cm³/mol. The maximum Gasteiger partial charge on any atom is 0.251 e. The van der Waals surface area contributed by atoms with Crippen molar-refractivity contribution in [1.82, 2.24) is 10.3 Å². The van der Waals surface area contributed by atoms with E-state index in [9.17, 15) is 4.79 Å². The lowest BCUT2D eigenvalue weighted by atomic mass is 10.2. The van der Waals surface area contributed by atoms with Gasteiger partial charge in [-0.2, -0.15) is 11.8 Å². The maximum atomic E-state index is 11.9. The van der Waals surface area contributed by atoms with E-state index in [-0.39, 0.29) is 10.7 Å². The summed E-state index contributed by atoms with van der Waals surface area (Å²) in [5.41, 5.74) is 3.00. The van der Waals surface area contributed by atoms with Crippen LogP contribution in [0.2, 0.25) is 0 Å². The Hall–Kier alpha value is -1.27. The van der Waals surface area contributed by atoms with Gasteiger partial charge in [-0.25, -0.2) is 10.8 Å². The number of pyridine rings is 1. The van der Waals surface area contributed by atoms with E-state index in [1.807, 2.05) is 11.8 Å². The highest BCUT2D eigenvalue weighted by Crippen LogP contribution is 2.46. The van der Waals surface area contributed by atoms with Crippen molar-refractivity contribution in [2.75, 3.05) is 18.2 Å². The third-order valence-electron chi connectivity index (χ3n) is 2.98. The summed E-state index contributed by atoms with van der Waals surface area (Å²) in [6, 6.07) is 3.31. The van der Waals surface area contributed by atoms with Gasteiger partial charge in [-0.1, -0.05) is 0 Å². The molecular formula is C11H16N4OS. The van der Waals surface area contributed by atoms with Crippen LogP contribution < -0.4 is 16.6 Å². The molecule has 1 saturated carbocycles. The lowest BCUT2D eigenvalue weighted by molar-refractivity contribution is 0.0953. The van der Waals surface area contributed by atoms with E-state index in [4.69, 9.17) is 5.84 Å². The molecule has 0 radical (unpaired) electrons. The molecule has 0 bridgehead atoms. The van der Waals surface area contributed by atoms with E-state index in [1.54, 1.807) is 18.3 Å². The quantitative estimate of drug-likeness (QED) is 0.538. The number of nitrogens with two attached hydrogens (primary N) is 1. The Labute approximate surface area is 105 Å². The highest BCUT2D eigenvalue weighted by Gasteiger charge is 2.41. The van der Waals surface area contributed by atoms with Gasteiger partial charge in [0.25, 0.3) is 5.91 Å². The second-order valence-electron chi connectivity index (χ2n) is 4.14. The highest BCUT2D eigenvalue weighted by molar-refractivity contribution is 8.00. The molecule has 0 spiro atoms. The molecule has 1 aliphatic rings. The second-order valence-corrected chi connectivity index (χ2v) is 5.42. The Morgan fingerprint density at radius 2 is 2.41 bits per heavy atom. The van der Waals surface area contributed by atoms with Crippen LogP contribution in [-0.2, 0) is 0 Å². The summed E-state index contributed by atoms with van der Waals surface area (Å²) in [7, 11) is 0. The summed E-state index contributed by atoms with van der Waals surface area (Å²) in [6.45, 7) is 0.723. The van der Waals surface area contributed by atoms with Gasteiger partial charge in [0.2, 0.25) is 0 Å². The molecule has 1 heterocycles. The number of nitrogen functional groups attached to an aromatic ring is 1. The van der Waals surface area contributed by atoms with Gasteiger partial charge in [-0.05, 0) is 31.2 Å². The standard InChI is InChI=1S/C11H16N4OS/c1-17-11(3-4-11)7-14-10(16)8-2-5-13-9(6-8)15-12/h2,5-6H,3-4,7,12H2,1H3,(H,13,15)(H,14,16). The van der Waals surface area contributed by atoms with Crippen molar-refractivity contribution in [3.63, 3.8) is 0 Å². The smallest absolute Gasteiger partial charge is 0.251 e. The Balaban J connectivity index is 1.95. The average molecular weight is 252 g/mol. The molecule has 2 rings (SSSR count). The van der Waals surface area contributed by atoms with Crippen LogP contribution in [0, 0.1) is 0 Å². The van der Waals surface area contributed by atoms with Gasteiger partial charge < -0.3 is 10.7 Å². The fourth-order valence-electron chi connectivity index (χ4n) is 1.59.